The lowest BCUT2D eigenvalue weighted by Crippen LogP contribution is -2.42. The molecule has 184 valence electrons. The number of rotatable bonds is 6. The summed E-state index contributed by atoms with van der Waals surface area (Å²) in [6.07, 6.45) is 0. The second-order valence-corrected chi connectivity index (χ2v) is 8.50. The zero-order valence-electron chi connectivity index (χ0n) is 21.4. The molecule has 0 aliphatic rings. The number of amidine groups is 2. The summed E-state index contributed by atoms with van der Waals surface area (Å²) in [7, 11) is 7.14. The molecule has 32 heavy (non-hydrogen) atoms. The van der Waals surface area contributed by atoms with Gasteiger partial charge < -0.3 is 10.6 Å². The molecule has 2 N–H and O–H groups in total. The Morgan fingerprint density at radius 1 is 0.594 bits per heavy atom. The van der Waals surface area contributed by atoms with Crippen molar-refractivity contribution in [2.75, 3.05) is 28.2 Å². The van der Waals surface area contributed by atoms with Gasteiger partial charge in [0.15, 0.2) is 11.1 Å². The topological polar surface area (TPSA) is 146 Å². The first-order valence-electron chi connectivity index (χ1n) is 9.58. The van der Waals surface area contributed by atoms with E-state index in [1.54, 1.807) is 41.8 Å². The second kappa shape index (κ2) is 15.5. The molecule has 0 saturated carbocycles. The molecule has 0 atom stereocenters. The molecule has 0 fully saturated rings. The lowest BCUT2D eigenvalue weighted by Gasteiger charge is -2.25. The van der Waals surface area contributed by atoms with E-state index in [1.165, 1.54) is 0 Å². The van der Waals surface area contributed by atoms with Crippen LogP contribution in [0.4, 0.5) is 0 Å². The van der Waals surface area contributed by atoms with Crippen molar-refractivity contribution in [1.82, 2.24) is 10.6 Å². The Morgan fingerprint density at radius 2 is 0.844 bits per heavy atom. The zero-order chi connectivity index (χ0) is 24.2. The van der Waals surface area contributed by atoms with E-state index in [4.69, 9.17) is 10.5 Å². The smallest absolute Gasteiger partial charge is 0.162 e. The molecule has 0 radical (unpaired) electrons. The third kappa shape index (κ3) is 13.9. The van der Waals surface area contributed by atoms with Crippen molar-refractivity contribution in [3.05, 3.63) is 0 Å². The number of nitrogens with one attached hydrogen (secondary N) is 2. The summed E-state index contributed by atoms with van der Waals surface area (Å²) in [6.45, 7) is 14.4. The van der Waals surface area contributed by atoms with E-state index in [-0.39, 0.29) is 24.8 Å². The fraction of sp³-hybridized carbons (Fsp3) is 0.800. The molecule has 0 aliphatic heterocycles. The van der Waals surface area contributed by atoms with Crippen molar-refractivity contribution in [1.29, 1.82) is 10.5 Å². The molecule has 0 rings (SSSR count). The molecule has 10 nitrogen and oxygen atoms in total. The normalized spacial score (nSPS) is 13.2. The Kier molecular flexibility index (Phi) is 17.9. The van der Waals surface area contributed by atoms with Crippen LogP contribution >= 0.6 is 24.8 Å². The maximum Gasteiger partial charge on any atom is 0.162 e. The van der Waals surface area contributed by atoms with Crippen LogP contribution in [0.1, 0.15) is 55.4 Å². The van der Waals surface area contributed by atoms with Crippen LogP contribution in [0.5, 0.6) is 0 Å². The maximum absolute atomic E-state index is 8.58. The minimum Gasteiger partial charge on any atom is -0.375 e. The van der Waals surface area contributed by atoms with Gasteiger partial charge in [0.05, 0.1) is 12.1 Å². The van der Waals surface area contributed by atoms with Gasteiger partial charge in [-0.3, -0.25) is 9.98 Å². The molecule has 0 unspecified atom stereocenters. The van der Waals surface area contributed by atoms with E-state index in [0.29, 0.717) is 0 Å². The molecule has 0 aromatic carbocycles. The van der Waals surface area contributed by atoms with Crippen LogP contribution in [-0.4, -0.2) is 62.0 Å². The van der Waals surface area contributed by atoms with Gasteiger partial charge in [0.1, 0.15) is 22.7 Å². The maximum atomic E-state index is 8.58. The molecule has 0 heterocycles. The van der Waals surface area contributed by atoms with E-state index in [9.17, 15) is 0 Å². The lowest BCUT2D eigenvalue weighted by atomic mass is 10.0. The summed E-state index contributed by atoms with van der Waals surface area (Å²) < 4.78 is 0. The Hall–Kier alpha value is -2.30. The number of likely N-dealkylation sites (N-methyl/N-ethyl adjacent to an activating group) is 2. The minimum absolute atomic E-state index is 0. The largest absolute Gasteiger partial charge is 0.375 e. The highest BCUT2D eigenvalue weighted by atomic mass is 35.5. The predicted octanol–water partition coefficient (Wildman–Crippen LogP) is 4.38. The Bertz CT molecular complexity index is 689. The number of nitrogens with zero attached hydrogens (tertiary/aromatic N) is 8. The first kappa shape index (κ1) is 37.0. The summed E-state index contributed by atoms with van der Waals surface area (Å²) in [4.78, 5) is 8.34. The van der Waals surface area contributed by atoms with Crippen molar-refractivity contribution < 1.29 is 0 Å². The van der Waals surface area contributed by atoms with Crippen LogP contribution in [-0.2, 0) is 0 Å². The van der Waals surface area contributed by atoms with Crippen molar-refractivity contribution >= 4 is 36.5 Å². The highest BCUT2D eigenvalue weighted by Gasteiger charge is 2.28. The van der Waals surface area contributed by atoms with Crippen LogP contribution < -0.4 is 10.6 Å². The SMILES string of the molecule is CC(C)(C#N)N=NC(C)(C)C#N.CN=C(NC)C(C)(C)N=NC(C)(C)C(=NC)NC.Cl.Cl. The molecule has 12 heteroatoms. The van der Waals surface area contributed by atoms with Gasteiger partial charge in [0, 0.05) is 28.2 Å². The quantitative estimate of drug-likeness (QED) is 0.322. The summed E-state index contributed by atoms with van der Waals surface area (Å²) in [5, 5.41) is 39.5. The first-order valence-corrected chi connectivity index (χ1v) is 9.58. The van der Waals surface area contributed by atoms with Gasteiger partial charge in [0.2, 0.25) is 0 Å². The van der Waals surface area contributed by atoms with Crippen LogP contribution in [0.2, 0.25) is 0 Å². The van der Waals surface area contributed by atoms with Gasteiger partial charge in [0.25, 0.3) is 0 Å². The summed E-state index contributed by atoms with van der Waals surface area (Å²) in [5.41, 5.74) is -2.64. The van der Waals surface area contributed by atoms with Crippen molar-refractivity contribution in [3.63, 3.8) is 0 Å². The van der Waals surface area contributed by atoms with Crippen molar-refractivity contribution in [3.8, 4) is 12.1 Å². The van der Waals surface area contributed by atoms with Gasteiger partial charge in [-0.2, -0.15) is 31.0 Å². The standard InChI is InChI=1S/C12H26N6.C8H12N4.2ClH/c1-11(2,9(13-5)14-6)17-18-12(3,4)10(15-7)16-8;1-7(2,5-9)11-12-8(3,4)6-10;;/h1-8H3,(H,13,14)(H,15,16);1-4H3;2*1H. The average molecular weight is 492 g/mol. The molecule has 0 saturated heterocycles. The van der Waals surface area contributed by atoms with Gasteiger partial charge in [-0.1, -0.05) is 0 Å². The highest BCUT2D eigenvalue weighted by Crippen LogP contribution is 2.17. The Morgan fingerprint density at radius 3 is 1.00 bits per heavy atom. The molecule has 0 spiro atoms. The van der Waals surface area contributed by atoms with E-state index < -0.39 is 22.2 Å². The third-order valence-electron chi connectivity index (χ3n) is 3.73. The van der Waals surface area contributed by atoms with Crippen LogP contribution in [0.3, 0.4) is 0 Å². The average Bonchev–Trinajstić information content (AvgIpc) is 2.67. The van der Waals surface area contributed by atoms with Crippen LogP contribution in [0, 0.1) is 22.7 Å². The fourth-order valence-electron chi connectivity index (χ4n) is 2.02. The fourth-order valence-corrected chi connectivity index (χ4v) is 2.02. The number of hydrogen-bond acceptors (Lipinski definition) is 8. The number of nitriles is 2. The lowest BCUT2D eigenvalue weighted by molar-refractivity contribution is 0.541. The minimum atomic E-state index is -0.839. The third-order valence-corrected chi connectivity index (χ3v) is 3.73. The predicted molar refractivity (Wildman–Crippen MR) is 137 cm³/mol. The molecular weight excluding hydrogens is 451 g/mol. The monoisotopic (exact) mass is 490 g/mol. The zero-order valence-corrected chi connectivity index (χ0v) is 23.0. The van der Waals surface area contributed by atoms with Gasteiger partial charge in [-0.15, -0.1) is 24.8 Å². The molecule has 0 aliphatic carbocycles. The second-order valence-electron chi connectivity index (χ2n) is 8.50. The molecule has 0 bridgehead atoms. The molecule has 0 aromatic rings. The van der Waals surface area contributed by atoms with E-state index in [2.05, 4.69) is 41.1 Å². The van der Waals surface area contributed by atoms with Gasteiger partial charge >= 0.3 is 0 Å². The van der Waals surface area contributed by atoms with E-state index in [1.807, 2.05) is 53.9 Å². The van der Waals surface area contributed by atoms with Gasteiger partial charge in [-0.05, 0) is 55.4 Å². The van der Waals surface area contributed by atoms with Crippen LogP contribution in [0.25, 0.3) is 0 Å². The number of azo groups is 2. The number of hydrogen-bond donors (Lipinski definition) is 2. The molecule has 0 amide bonds. The van der Waals surface area contributed by atoms with E-state index in [0.717, 1.165) is 11.7 Å². The summed E-state index contributed by atoms with van der Waals surface area (Å²) >= 11 is 0. The highest BCUT2D eigenvalue weighted by molar-refractivity contribution is 5.91. The molecule has 0 aromatic heterocycles. The number of aliphatic imine (C=N–C) groups is 2. The number of halogens is 2. The summed E-state index contributed by atoms with van der Waals surface area (Å²) in [6, 6.07) is 3.94. The Labute approximate surface area is 206 Å². The Balaban J connectivity index is -0.000000247. The van der Waals surface area contributed by atoms with Crippen LogP contribution in [0.15, 0.2) is 30.4 Å². The van der Waals surface area contributed by atoms with Crippen molar-refractivity contribution in [2.45, 2.75) is 77.5 Å². The van der Waals surface area contributed by atoms with E-state index >= 15 is 0 Å². The van der Waals surface area contributed by atoms with Gasteiger partial charge in [-0.25, -0.2) is 0 Å². The molecular formula is C20H40Cl2N10. The van der Waals surface area contributed by atoms with Crippen molar-refractivity contribution in [2.24, 2.45) is 30.4 Å². The summed E-state index contributed by atoms with van der Waals surface area (Å²) in [5.74, 6) is 1.59. The first-order chi connectivity index (χ1) is 13.6.